The van der Waals surface area contributed by atoms with Crippen molar-refractivity contribution in [3.05, 3.63) is 29.8 Å². The molecule has 0 unspecified atom stereocenters. The molecule has 6 nitrogen and oxygen atoms in total. The second-order valence-corrected chi connectivity index (χ2v) is 6.07. The topological polar surface area (TPSA) is 76.1 Å². The Morgan fingerprint density at radius 3 is 2.35 bits per heavy atom. The van der Waals surface area contributed by atoms with Gasteiger partial charge in [0.2, 0.25) is 0 Å². The molecule has 124 valence electrons. The maximum Gasteiger partial charge on any atom is 0.332 e. The van der Waals surface area contributed by atoms with Crippen LogP contribution in [0.2, 0.25) is 0 Å². The number of hydrogen-bond acceptors (Lipinski definition) is 4. The number of hydrogen-bond donors (Lipinski definition) is 1. The highest BCUT2D eigenvalue weighted by molar-refractivity contribution is 5.83. The van der Waals surface area contributed by atoms with Gasteiger partial charge in [0, 0.05) is 12.6 Å². The Morgan fingerprint density at radius 2 is 1.83 bits per heavy atom. The minimum Gasteiger partial charge on any atom is -0.497 e. The number of rotatable bonds is 6. The molecule has 1 aromatic carbocycles. The third kappa shape index (κ3) is 3.64. The van der Waals surface area contributed by atoms with Crippen LogP contribution in [0.15, 0.2) is 24.3 Å². The van der Waals surface area contributed by atoms with Gasteiger partial charge in [-0.05, 0) is 43.4 Å². The van der Waals surface area contributed by atoms with Gasteiger partial charge in [-0.15, -0.1) is 0 Å². The molecule has 1 aromatic rings. The van der Waals surface area contributed by atoms with E-state index in [-0.39, 0.29) is 11.9 Å². The van der Waals surface area contributed by atoms with Gasteiger partial charge in [-0.2, -0.15) is 0 Å². The first-order chi connectivity index (χ1) is 11.1. The van der Waals surface area contributed by atoms with Crippen LogP contribution in [0.1, 0.15) is 31.2 Å². The van der Waals surface area contributed by atoms with Crippen LogP contribution in [0, 0.1) is 0 Å². The van der Waals surface area contributed by atoms with Crippen molar-refractivity contribution in [2.45, 2.75) is 50.5 Å². The van der Waals surface area contributed by atoms with E-state index < -0.39 is 18.2 Å². The molecule has 1 saturated carbocycles. The third-order valence-corrected chi connectivity index (χ3v) is 4.35. The number of amides is 1. The van der Waals surface area contributed by atoms with Crippen LogP contribution < -0.4 is 4.74 Å². The standard InChI is InChI=1S/C17H21NO5/c1-22-13-6-2-11(3-7-13)10-18(12-4-5-12)16(19)14-8-9-15(23-14)17(20)21/h2-3,6-7,12,14-15H,4-5,8-10H2,1H3,(H,20,21)/t14-,15+/m0/s1. The van der Waals surface area contributed by atoms with Gasteiger partial charge >= 0.3 is 5.97 Å². The maximum atomic E-state index is 12.7. The van der Waals surface area contributed by atoms with Gasteiger partial charge < -0.3 is 19.5 Å². The van der Waals surface area contributed by atoms with E-state index in [1.54, 1.807) is 7.11 Å². The fourth-order valence-electron chi connectivity index (χ4n) is 2.89. The van der Waals surface area contributed by atoms with E-state index in [0.717, 1.165) is 24.2 Å². The van der Waals surface area contributed by atoms with E-state index in [0.29, 0.717) is 19.4 Å². The lowest BCUT2D eigenvalue weighted by molar-refractivity contribution is -0.155. The van der Waals surface area contributed by atoms with Crippen molar-refractivity contribution in [3.8, 4) is 5.75 Å². The Kier molecular flexibility index (Phi) is 4.52. The molecule has 1 aliphatic heterocycles. The van der Waals surface area contributed by atoms with Crippen LogP contribution in [-0.2, 0) is 20.9 Å². The molecule has 6 heteroatoms. The molecule has 3 rings (SSSR count). The fourth-order valence-corrected chi connectivity index (χ4v) is 2.89. The molecule has 0 aromatic heterocycles. The molecule has 23 heavy (non-hydrogen) atoms. The second-order valence-electron chi connectivity index (χ2n) is 6.07. The van der Waals surface area contributed by atoms with Crippen LogP contribution in [0.4, 0.5) is 0 Å². The molecule has 2 atom stereocenters. The first-order valence-corrected chi connectivity index (χ1v) is 7.90. The van der Waals surface area contributed by atoms with Crippen molar-refractivity contribution >= 4 is 11.9 Å². The van der Waals surface area contributed by atoms with Gasteiger partial charge in [0.1, 0.15) is 11.9 Å². The number of carboxylic acid groups (broad SMARTS) is 1. The predicted octanol–water partition coefficient (Wildman–Crippen LogP) is 1.82. The lowest BCUT2D eigenvalue weighted by Crippen LogP contribution is -2.40. The molecule has 0 bridgehead atoms. The molecule has 1 aliphatic carbocycles. The van der Waals surface area contributed by atoms with Crippen molar-refractivity contribution in [1.82, 2.24) is 4.90 Å². The van der Waals surface area contributed by atoms with Crippen LogP contribution in [0.5, 0.6) is 5.75 Å². The number of carbonyl (C=O) groups excluding carboxylic acids is 1. The third-order valence-electron chi connectivity index (χ3n) is 4.35. The quantitative estimate of drug-likeness (QED) is 0.865. The Labute approximate surface area is 135 Å². The van der Waals surface area contributed by atoms with E-state index in [1.165, 1.54) is 0 Å². The fraction of sp³-hybridized carbons (Fsp3) is 0.529. The highest BCUT2D eigenvalue weighted by Crippen LogP contribution is 2.32. The number of methoxy groups -OCH3 is 1. The van der Waals surface area contributed by atoms with Crippen LogP contribution >= 0.6 is 0 Å². The van der Waals surface area contributed by atoms with Gasteiger partial charge in [0.05, 0.1) is 7.11 Å². The molecular weight excluding hydrogens is 298 g/mol. The number of benzene rings is 1. The average molecular weight is 319 g/mol. The summed E-state index contributed by atoms with van der Waals surface area (Å²) in [5, 5.41) is 9.00. The Bertz CT molecular complexity index is 581. The summed E-state index contributed by atoms with van der Waals surface area (Å²) in [7, 11) is 1.62. The second kappa shape index (κ2) is 6.58. The van der Waals surface area contributed by atoms with E-state index in [2.05, 4.69) is 0 Å². The molecule has 2 aliphatic rings. The smallest absolute Gasteiger partial charge is 0.332 e. The highest BCUT2D eigenvalue weighted by atomic mass is 16.5. The maximum absolute atomic E-state index is 12.7. The van der Waals surface area contributed by atoms with E-state index in [4.69, 9.17) is 14.6 Å². The Hall–Kier alpha value is -2.08. The van der Waals surface area contributed by atoms with E-state index in [1.807, 2.05) is 29.2 Å². The first kappa shape index (κ1) is 15.8. The van der Waals surface area contributed by atoms with Gasteiger partial charge in [-0.3, -0.25) is 4.79 Å². The summed E-state index contributed by atoms with van der Waals surface area (Å²) in [6.07, 6.45) is 1.38. The van der Waals surface area contributed by atoms with Crippen molar-refractivity contribution in [2.24, 2.45) is 0 Å². The summed E-state index contributed by atoms with van der Waals surface area (Å²) in [6.45, 7) is 0.519. The summed E-state index contributed by atoms with van der Waals surface area (Å²) in [5.41, 5.74) is 1.03. The molecule has 1 heterocycles. The first-order valence-electron chi connectivity index (χ1n) is 7.90. The molecular formula is C17H21NO5. The molecule has 1 amide bonds. The monoisotopic (exact) mass is 319 g/mol. The average Bonchev–Trinajstić information content (AvgIpc) is 3.27. The molecule has 0 radical (unpaired) electrons. The number of carbonyl (C=O) groups is 2. The van der Waals surface area contributed by atoms with Crippen molar-refractivity contribution in [3.63, 3.8) is 0 Å². The van der Waals surface area contributed by atoms with Gasteiger partial charge in [-0.1, -0.05) is 12.1 Å². The number of aliphatic carboxylic acids is 1. The van der Waals surface area contributed by atoms with Crippen LogP contribution in [0.25, 0.3) is 0 Å². The summed E-state index contributed by atoms with van der Waals surface area (Å²) in [6, 6.07) is 7.88. The molecule has 1 N–H and O–H groups in total. The summed E-state index contributed by atoms with van der Waals surface area (Å²) in [5.74, 6) is -0.304. The zero-order valence-corrected chi connectivity index (χ0v) is 13.1. The lowest BCUT2D eigenvalue weighted by Gasteiger charge is -2.25. The SMILES string of the molecule is COc1ccc(CN(C(=O)[C@@H]2CC[C@H](C(=O)O)O2)C2CC2)cc1. The zero-order valence-electron chi connectivity index (χ0n) is 13.1. The minimum atomic E-state index is -0.992. The molecule has 1 saturated heterocycles. The van der Waals surface area contributed by atoms with E-state index >= 15 is 0 Å². The van der Waals surface area contributed by atoms with Crippen molar-refractivity contribution in [2.75, 3.05) is 7.11 Å². The van der Waals surface area contributed by atoms with Crippen molar-refractivity contribution < 1.29 is 24.2 Å². The Balaban J connectivity index is 1.66. The minimum absolute atomic E-state index is 0.0907. The van der Waals surface area contributed by atoms with Crippen LogP contribution in [0.3, 0.4) is 0 Å². The van der Waals surface area contributed by atoms with Gasteiger partial charge in [-0.25, -0.2) is 4.79 Å². The van der Waals surface area contributed by atoms with Gasteiger partial charge in [0.25, 0.3) is 5.91 Å². The number of ether oxygens (including phenoxy) is 2. The van der Waals surface area contributed by atoms with E-state index in [9.17, 15) is 9.59 Å². The lowest BCUT2D eigenvalue weighted by atomic mass is 10.1. The molecule has 0 spiro atoms. The van der Waals surface area contributed by atoms with Gasteiger partial charge in [0.15, 0.2) is 6.10 Å². The number of carboxylic acids is 1. The number of nitrogens with zero attached hydrogens (tertiary/aromatic N) is 1. The summed E-state index contributed by atoms with van der Waals surface area (Å²) >= 11 is 0. The Morgan fingerprint density at radius 1 is 1.17 bits per heavy atom. The van der Waals surface area contributed by atoms with Crippen molar-refractivity contribution in [1.29, 1.82) is 0 Å². The predicted molar refractivity (Wildman–Crippen MR) is 82.1 cm³/mol. The normalized spacial score (nSPS) is 23.5. The summed E-state index contributed by atoms with van der Waals surface area (Å²) in [4.78, 5) is 25.5. The largest absolute Gasteiger partial charge is 0.497 e. The van der Waals surface area contributed by atoms with Crippen LogP contribution in [-0.4, -0.2) is 47.2 Å². The highest BCUT2D eigenvalue weighted by Gasteiger charge is 2.41. The zero-order chi connectivity index (χ0) is 16.4. The summed E-state index contributed by atoms with van der Waals surface area (Å²) < 4.78 is 10.5. The molecule has 2 fully saturated rings.